The molecule has 5 aliphatic carbocycles. The molecule has 4 fully saturated rings. The van der Waals surface area contributed by atoms with Crippen LogP contribution in [0.5, 0.6) is 0 Å². The molecule has 3 heteroatoms. The topological polar surface area (TPSA) is 60.7 Å². The Kier molecular flexibility index (Phi) is 5.99. The lowest BCUT2D eigenvalue weighted by atomic mass is 9.42. The molecule has 0 bridgehead atoms. The zero-order valence-corrected chi connectivity index (χ0v) is 22.9. The molecule has 0 unspecified atom stereocenters. The van der Waals surface area contributed by atoms with Gasteiger partial charge in [-0.15, -0.1) is 0 Å². The third-order valence-corrected chi connectivity index (χ3v) is 13.6. The summed E-state index contributed by atoms with van der Waals surface area (Å²) >= 11 is 0. The van der Waals surface area contributed by atoms with Gasteiger partial charge in [0.05, 0.1) is 18.8 Å². The van der Waals surface area contributed by atoms with E-state index >= 15 is 0 Å². The van der Waals surface area contributed by atoms with Crippen molar-refractivity contribution in [3.05, 3.63) is 11.6 Å². The fourth-order valence-electron chi connectivity index (χ4n) is 11.3. The largest absolute Gasteiger partial charge is 0.396 e. The maximum Gasteiger partial charge on any atom is 0.0618 e. The van der Waals surface area contributed by atoms with Crippen molar-refractivity contribution >= 4 is 0 Å². The van der Waals surface area contributed by atoms with E-state index in [0.717, 1.165) is 44.9 Å². The molecule has 0 radical (unpaired) electrons. The lowest BCUT2D eigenvalue weighted by Gasteiger charge is -2.64. The molecule has 5 aliphatic rings. The van der Waals surface area contributed by atoms with E-state index in [1.165, 1.54) is 25.7 Å². The molecule has 3 nitrogen and oxygen atoms in total. The normalized spacial score (nSPS) is 57.4. The third kappa shape index (κ3) is 3.18. The molecule has 0 aromatic heterocycles. The first kappa shape index (κ1) is 25.3. The quantitative estimate of drug-likeness (QED) is 0.402. The SMILES string of the molecule is CC[C@]1(C)[C@@H]2CC=C3C[C@]4(C)CC[C@@H]5[C@](C)(CC[C@H](O)[C@]5(C)CO)[C@H]4CC[C@@H]3[C@@]2(C)CC[C@@H]1O. The van der Waals surface area contributed by atoms with Gasteiger partial charge in [-0.25, -0.2) is 0 Å². The van der Waals surface area contributed by atoms with Crippen molar-refractivity contribution in [2.75, 3.05) is 6.61 Å². The number of aliphatic hydroxyl groups excluding tert-OH is 3. The van der Waals surface area contributed by atoms with Crippen molar-refractivity contribution in [2.45, 2.75) is 124 Å². The summed E-state index contributed by atoms with van der Waals surface area (Å²) in [5.74, 6) is 2.27. The number of aliphatic hydroxyl groups is 3. The van der Waals surface area contributed by atoms with Gasteiger partial charge in [0.25, 0.3) is 0 Å². The zero-order valence-electron chi connectivity index (χ0n) is 22.9. The number of allylic oxidation sites excluding steroid dienone is 2. The van der Waals surface area contributed by atoms with Gasteiger partial charge in [-0.3, -0.25) is 0 Å². The highest BCUT2D eigenvalue weighted by Gasteiger charge is 2.64. The van der Waals surface area contributed by atoms with Crippen LogP contribution >= 0.6 is 0 Å². The maximum absolute atomic E-state index is 11.0. The highest BCUT2D eigenvalue weighted by Crippen LogP contribution is 2.70. The third-order valence-electron chi connectivity index (χ3n) is 13.6. The first-order chi connectivity index (χ1) is 15.9. The molecule has 0 aromatic carbocycles. The smallest absolute Gasteiger partial charge is 0.0618 e. The second-order valence-electron chi connectivity index (χ2n) is 14.8. The fourth-order valence-corrected chi connectivity index (χ4v) is 11.3. The molecule has 0 heterocycles. The van der Waals surface area contributed by atoms with Crippen LogP contribution in [-0.4, -0.2) is 34.1 Å². The van der Waals surface area contributed by atoms with Crippen LogP contribution in [0.15, 0.2) is 11.6 Å². The highest BCUT2D eigenvalue weighted by atomic mass is 16.3. The standard InChI is InChI=1S/C31H52O3/c1-7-28(3)23-10-8-20-18-27(2)15-12-24-30(5,17-14-26(34)31(24,6)19-32)22(27)11-9-21(20)29(23,4)16-13-25(28)33/h8,21-26,32-34H,7,9-19H2,1-6H3/t21-,22-,23-,24+,25-,26-,27-,28+,29+,30+,31+/m0/s1. The van der Waals surface area contributed by atoms with Gasteiger partial charge in [-0.2, -0.15) is 0 Å². The van der Waals surface area contributed by atoms with Crippen molar-refractivity contribution in [2.24, 2.45) is 50.7 Å². The van der Waals surface area contributed by atoms with E-state index in [4.69, 9.17) is 0 Å². The van der Waals surface area contributed by atoms with Crippen LogP contribution in [0.3, 0.4) is 0 Å². The minimum atomic E-state index is -0.379. The molecule has 0 aliphatic heterocycles. The first-order valence-corrected chi connectivity index (χ1v) is 14.5. The fraction of sp³-hybridized carbons (Fsp3) is 0.935. The van der Waals surface area contributed by atoms with Crippen LogP contribution in [0.25, 0.3) is 0 Å². The van der Waals surface area contributed by atoms with Gasteiger partial charge >= 0.3 is 0 Å². The van der Waals surface area contributed by atoms with Gasteiger partial charge in [-0.05, 0) is 116 Å². The summed E-state index contributed by atoms with van der Waals surface area (Å²) in [6.07, 6.45) is 14.5. The molecule has 34 heavy (non-hydrogen) atoms. The average molecular weight is 473 g/mol. The lowest BCUT2D eigenvalue weighted by Crippen LogP contribution is -2.60. The predicted molar refractivity (Wildman–Crippen MR) is 138 cm³/mol. The minimum Gasteiger partial charge on any atom is -0.396 e. The lowest BCUT2D eigenvalue weighted by molar-refractivity contribution is -0.189. The zero-order chi connectivity index (χ0) is 24.7. The summed E-state index contributed by atoms with van der Waals surface area (Å²) in [7, 11) is 0. The Morgan fingerprint density at radius 2 is 1.41 bits per heavy atom. The first-order valence-electron chi connectivity index (χ1n) is 14.5. The Balaban J connectivity index is 1.50. The Labute approximate surface area is 208 Å². The molecule has 0 amide bonds. The van der Waals surface area contributed by atoms with Gasteiger partial charge in [0.2, 0.25) is 0 Å². The Morgan fingerprint density at radius 3 is 2.06 bits per heavy atom. The summed E-state index contributed by atoms with van der Waals surface area (Å²) in [5, 5.41) is 32.4. The van der Waals surface area contributed by atoms with E-state index in [2.05, 4.69) is 47.6 Å². The van der Waals surface area contributed by atoms with E-state index in [9.17, 15) is 15.3 Å². The maximum atomic E-state index is 11.0. The summed E-state index contributed by atoms with van der Waals surface area (Å²) < 4.78 is 0. The van der Waals surface area contributed by atoms with Crippen molar-refractivity contribution in [3.63, 3.8) is 0 Å². The van der Waals surface area contributed by atoms with Crippen LogP contribution in [0, 0.1) is 50.7 Å². The molecular formula is C31H52O3. The second-order valence-corrected chi connectivity index (χ2v) is 14.8. The minimum absolute atomic E-state index is 0.0253. The van der Waals surface area contributed by atoms with Crippen LogP contribution in [0.2, 0.25) is 0 Å². The van der Waals surface area contributed by atoms with Crippen molar-refractivity contribution in [1.29, 1.82) is 0 Å². The van der Waals surface area contributed by atoms with Crippen LogP contribution in [0.1, 0.15) is 112 Å². The summed E-state index contributed by atoms with van der Waals surface area (Å²) in [5.41, 5.74) is 2.19. The molecule has 4 saturated carbocycles. The van der Waals surface area contributed by atoms with Gasteiger partial charge in [0.1, 0.15) is 0 Å². The molecule has 3 N–H and O–H groups in total. The molecule has 11 atom stereocenters. The average Bonchev–Trinajstić information content (AvgIpc) is 2.96. The van der Waals surface area contributed by atoms with Gasteiger partial charge in [-0.1, -0.05) is 53.2 Å². The van der Waals surface area contributed by atoms with Crippen molar-refractivity contribution < 1.29 is 15.3 Å². The van der Waals surface area contributed by atoms with E-state index in [0.29, 0.717) is 34.5 Å². The molecular weight excluding hydrogens is 420 g/mol. The Hall–Kier alpha value is -0.380. The van der Waals surface area contributed by atoms with Crippen LogP contribution < -0.4 is 0 Å². The Morgan fingerprint density at radius 1 is 0.765 bits per heavy atom. The molecule has 0 aromatic rings. The van der Waals surface area contributed by atoms with Crippen LogP contribution in [-0.2, 0) is 0 Å². The molecule has 194 valence electrons. The van der Waals surface area contributed by atoms with Gasteiger partial charge in [0.15, 0.2) is 0 Å². The summed E-state index contributed by atoms with van der Waals surface area (Å²) in [6.45, 7) is 14.6. The summed E-state index contributed by atoms with van der Waals surface area (Å²) in [6, 6.07) is 0. The highest BCUT2D eigenvalue weighted by molar-refractivity contribution is 5.25. The monoisotopic (exact) mass is 472 g/mol. The van der Waals surface area contributed by atoms with Crippen molar-refractivity contribution in [3.8, 4) is 0 Å². The second kappa shape index (κ2) is 8.06. The molecule has 5 rings (SSSR count). The van der Waals surface area contributed by atoms with E-state index in [1.807, 2.05) is 0 Å². The molecule has 0 spiro atoms. The number of rotatable bonds is 2. The van der Waals surface area contributed by atoms with E-state index in [-0.39, 0.29) is 35.1 Å². The number of fused-ring (bicyclic) bond motifs is 6. The number of hydrogen-bond acceptors (Lipinski definition) is 3. The Bertz CT molecular complexity index is 837. The molecule has 0 saturated heterocycles. The predicted octanol–water partition coefficient (Wildman–Crippen LogP) is 6.50. The van der Waals surface area contributed by atoms with E-state index in [1.54, 1.807) is 5.57 Å². The van der Waals surface area contributed by atoms with Crippen LogP contribution in [0.4, 0.5) is 0 Å². The number of hydrogen-bond donors (Lipinski definition) is 3. The van der Waals surface area contributed by atoms with Gasteiger partial charge in [0, 0.05) is 5.41 Å². The van der Waals surface area contributed by atoms with Crippen molar-refractivity contribution in [1.82, 2.24) is 0 Å². The van der Waals surface area contributed by atoms with Gasteiger partial charge < -0.3 is 15.3 Å². The van der Waals surface area contributed by atoms with E-state index < -0.39 is 0 Å². The summed E-state index contributed by atoms with van der Waals surface area (Å²) in [4.78, 5) is 0.